The summed E-state index contributed by atoms with van der Waals surface area (Å²) in [6.07, 6.45) is 12.9. The van der Waals surface area contributed by atoms with Gasteiger partial charge in [0, 0.05) is 170 Å². The van der Waals surface area contributed by atoms with Gasteiger partial charge in [0.2, 0.25) is 0 Å². The molecule has 0 atom stereocenters. The third kappa shape index (κ3) is 24.6. The van der Waals surface area contributed by atoms with Crippen molar-refractivity contribution in [3.05, 3.63) is 295 Å². The first kappa shape index (κ1) is 89.1. The number of aromatic hydroxyl groups is 1. The summed E-state index contributed by atoms with van der Waals surface area (Å²) in [6, 6.07) is 53.1. The van der Waals surface area contributed by atoms with Gasteiger partial charge in [-0.15, -0.1) is 11.3 Å². The van der Waals surface area contributed by atoms with Crippen LogP contribution in [-0.2, 0) is 0 Å². The third-order valence-electron chi connectivity index (χ3n) is 22.4. The fourth-order valence-electron chi connectivity index (χ4n) is 15.3. The standard InChI is InChI=1S/C24H23F3N4O.C24H24F2N4O2.C24H24F2N4O.C22H22F2N4OS/c1-30(22-8-10-31(11-9-22)23-7-4-18(25)15-28-23)24(32)29-21-5-2-16(3-6-21)17-12-19(26)14-20(27)13-17;1-29(21-8-10-30(11-9-21)23-7-6-22(31)15-27-23)24(32)28-20-4-2-16(3-5-20)17-12-18(25)14-19(26)13-17;1-29(22-9-12-30(13-10-22)23-4-2-3-11-27-23)24(31)28-21-7-5-17(6-8-21)18-14-19(25)16-20(26)15-18;1-27(20-6-9-28(10-7-20)22-25-8-11-30-22)21(29)26-19-4-2-15(3-5-19)16-12-17(23)14-18(24)13-16/h2-7,12-15,22H,8-11H2,1H3,(H,29,32);2-7,12-15,21,31H,8-11H2,1H3,(H,28,32);2-8,11,14-16,22H,9-10,12-13H2,1H3,(H,28,31);2-5,8,11-14,20H,6-7,9-10H2,1H3,(H,26,29). The molecule has 125 heavy (non-hydrogen) atoms. The number of carbonyl (C=O) groups excluding carboxylic acids is 4. The van der Waals surface area contributed by atoms with Crippen molar-refractivity contribution in [2.75, 3.05) is 121 Å². The van der Waals surface area contributed by atoms with Gasteiger partial charge in [-0.2, -0.15) is 0 Å². The smallest absolute Gasteiger partial charge is 0.321 e. The second-order valence-electron chi connectivity index (χ2n) is 30.7. The molecule has 0 radical (unpaired) electrons. The molecule has 0 bridgehead atoms. The average Bonchev–Trinajstić information content (AvgIpc) is 1.36. The van der Waals surface area contributed by atoms with E-state index in [1.165, 1.54) is 67.0 Å². The normalized spacial score (nSPS) is 14.4. The number of thiazole rings is 1. The number of nitrogens with one attached hydrogen (secondary N) is 4. The molecule has 4 aliphatic rings. The van der Waals surface area contributed by atoms with Crippen LogP contribution in [0.15, 0.2) is 242 Å². The van der Waals surface area contributed by atoms with Gasteiger partial charge in [-0.3, -0.25) is 0 Å². The van der Waals surface area contributed by atoms with Gasteiger partial charge < -0.3 is 65.6 Å². The van der Waals surface area contributed by atoms with Crippen LogP contribution in [0.25, 0.3) is 44.5 Å². The molecule has 0 saturated carbocycles. The summed E-state index contributed by atoms with van der Waals surface area (Å²) in [5, 5.41) is 23.9. The lowest BCUT2D eigenvalue weighted by molar-refractivity contribution is 0.192. The molecule has 31 heteroatoms. The minimum atomic E-state index is -0.639. The van der Waals surface area contributed by atoms with Crippen LogP contribution in [0.3, 0.4) is 0 Å². The Morgan fingerprint density at radius 2 is 0.592 bits per heavy atom. The van der Waals surface area contributed by atoms with Crippen LogP contribution < -0.4 is 40.9 Å². The van der Waals surface area contributed by atoms with Gasteiger partial charge in [-0.1, -0.05) is 54.6 Å². The van der Waals surface area contributed by atoms with E-state index in [4.69, 9.17) is 0 Å². The molecule has 0 aliphatic carbocycles. The third-order valence-corrected chi connectivity index (χ3v) is 23.2. The average molecular weight is 1730 g/mol. The maximum atomic E-state index is 13.4. The highest BCUT2D eigenvalue weighted by atomic mass is 32.1. The maximum Gasteiger partial charge on any atom is 0.321 e. The predicted molar refractivity (Wildman–Crippen MR) is 472 cm³/mol. The SMILES string of the molecule is CN(C(=O)Nc1ccc(-c2cc(F)cc(F)c2)cc1)C1CCN(c2ccc(F)cn2)CC1.CN(C(=O)Nc1ccc(-c2cc(F)cc(F)c2)cc1)C1CCN(c2ccc(O)cn2)CC1.CN(C(=O)Nc1ccc(-c2cc(F)cc(F)c2)cc1)C1CCN(c2ccccn2)CC1.CN(C(=O)Nc1ccc(-c2cc(F)cc(F)c2)cc1)C1CCN(c2nccs2)CC1. The number of urea groups is 4. The number of benzene rings is 8. The molecule has 0 unspecified atom stereocenters. The summed E-state index contributed by atoms with van der Waals surface area (Å²) in [4.78, 5) is 83.4. The number of pyridine rings is 3. The van der Waals surface area contributed by atoms with E-state index < -0.39 is 46.5 Å². The van der Waals surface area contributed by atoms with E-state index >= 15 is 0 Å². The Kier molecular flexibility index (Phi) is 29.9. The van der Waals surface area contributed by atoms with E-state index in [1.807, 2.05) is 36.8 Å². The largest absolute Gasteiger partial charge is 0.506 e. The first-order chi connectivity index (χ1) is 60.3. The molecule has 5 N–H and O–H groups in total. The second-order valence-corrected chi connectivity index (χ2v) is 31.6. The Morgan fingerprint density at radius 3 is 0.840 bits per heavy atom. The zero-order chi connectivity index (χ0) is 88.2. The number of amides is 8. The number of piperidine rings is 4. The van der Waals surface area contributed by atoms with Crippen molar-refractivity contribution < 1.29 is 63.8 Å². The highest BCUT2D eigenvalue weighted by Gasteiger charge is 2.31. The van der Waals surface area contributed by atoms with Crippen molar-refractivity contribution in [2.45, 2.75) is 75.5 Å². The van der Waals surface area contributed by atoms with Crippen LogP contribution in [0.1, 0.15) is 51.4 Å². The number of hydrogen-bond donors (Lipinski definition) is 5. The number of hydrogen-bond acceptors (Lipinski definition) is 14. The lowest BCUT2D eigenvalue weighted by Crippen LogP contribution is -2.47. The predicted octanol–water partition coefficient (Wildman–Crippen LogP) is 20.5. The van der Waals surface area contributed by atoms with E-state index in [2.05, 4.69) is 60.8 Å². The van der Waals surface area contributed by atoms with E-state index in [0.29, 0.717) is 67.3 Å². The molecule has 16 rings (SSSR count). The van der Waals surface area contributed by atoms with E-state index in [-0.39, 0.29) is 59.9 Å². The number of carbonyl (C=O) groups is 4. The molecule has 8 aromatic carbocycles. The topological polar surface area (TPSA) is 214 Å². The molecule has 8 heterocycles. The van der Waals surface area contributed by atoms with Gasteiger partial charge in [0.05, 0.1) is 12.4 Å². The Hall–Kier alpha value is -13.7. The summed E-state index contributed by atoms with van der Waals surface area (Å²) in [7, 11) is 7.15. The summed E-state index contributed by atoms with van der Waals surface area (Å²) in [5.74, 6) is -2.75. The Labute approximate surface area is 722 Å². The first-order valence-corrected chi connectivity index (χ1v) is 41.6. The molecule has 12 aromatic rings. The van der Waals surface area contributed by atoms with Gasteiger partial charge in [0.1, 0.15) is 75.6 Å². The fourth-order valence-corrected chi connectivity index (χ4v) is 16.0. The quantitative estimate of drug-likeness (QED) is 0.0570. The monoisotopic (exact) mass is 1730 g/mol. The Bertz CT molecular complexity index is 5320. The molecule has 8 amide bonds. The van der Waals surface area contributed by atoms with Crippen molar-refractivity contribution in [1.82, 2.24) is 39.5 Å². The van der Waals surface area contributed by atoms with E-state index in [9.17, 15) is 63.8 Å². The minimum absolute atomic E-state index is 0.0706. The molecule has 4 aliphatic heterocycles. The maximum absolute atomic E-state index is 13.4. The first-order valence-electron chi connectivity index (χ1n) is 40.7. The zero-order valence-electron chi connectivity index (χ0n) is 69.0. The van der Waals surface area contributed by atoms with Crippen molar-refractivity contribution in [3.63, 3.8) is 0 Å². The van der Waals surface area contributed by atoms with Crippen molar-refractivity contribution in [3.8, 4) is 50.3 Å². The van der Waals surface area contributed by atoms with Crippen LogP contribution in [-0.4, -0.2) is 173 Å². The molecule has 4 saturated heterocycles. The number of halogens is 9. The molecular weight excluding hydrogens is 1640 g/mol. The molecular formula is C94H93F9N16O5S. The summed E-state index contributed by atoms with van der Waals surface area (Å²) >= 11 is 1.63. The number of nitrogens with zero attached hydrogens (tertiary/aromatic N) is 12. The Balaban J connectivity index is 0.000000143. The highest BCUT2D eigenvalue weighted by molar-refractivity contribution is 7.13. The molecule has 4 aromatic heterocycles. The van der Waals surface area contributed by atoms with Crippen LogP contribution in [0.2, 0.25) is 0 Å². The number of aromatic nitrogens is 4. The lowest BCUT2D eigenvalue weighted by atomic mass is 10.0. The van der Waals surface area contributed by atoms with Gasteiger partial charge in [0.25, 0.3) is 0 Å². The van der Waals surface area contributed by atoms with Crippen LogP contribution in [0, 0.1) is 52.4 Å². The summed E-state index contributed by atoms with van der Waals surface area (Å²) < 4.78 is 121. The van der Waals surface area contributed by atoms with Crippen LogP contribution in [0.4, 0.5) is 104 Å². The second kappa shape index (κ2) is 41.9. The van der Waals surface area contributed by atoms with E-state index in [0.717, 1.165) is 151 Å². The van der Waals surface area contributed by atoms with Crippen LogP contribution in [0.5, 0.6) is 5.75 Å². The number of rotatable bonds is 16. The summed E-state index contributed by atoms with van der Waals surface area (Å²) in [6.45, 7) is 6.40. The zero-order valence-corrected chi connectivity index (χ0v) is 69.8. The summed E-state index contributed by atoms with van der Waals surface area (Å²) in [5.41, 5.74) is 6.89. The lowest BCUT2D eigenvalue weighted by Gasteiger charge is -2.37. The van der Waals surface area contributed by atoms with Crippen molar-refractivity contribution in [2.24, 2.45) is 0 Å². The van der Waals surface area contributed by atoms with Gasteiger partial charge >= 0.3 is 24.1 Å². The van der Waals surface area contributed by atoms with Gasteiger partial charge in [0.15, 0.2) is 5.13 Å². The molecule has 648 valence electrons. The molecule has 0 spiro atoms. The fraction of sp³-hybridized carbons (Fsp3) is 0.255. The van der Waals surface area contributed by atoms with E-state index in [1.54, 1.807) is 174 Å². The van der Waals surface area contributed by atoms with Gasteiger partial charge in [-0.25, -0.2) is 78.6 Å². The number of anilines is 8. The minimum Gasteiger partial charge on any atom is -0.506 e. The molecule has 21 nitrogen and oxygen atoms in total. The highest BCUT2D eigenvalue weighted by Crippen LogP contribution is 2.33. The van der Waals surface area contributed by atoms with Crippen LogP contribution >= 0.6 is 11.3 Å². The van der Waals surface area contributed by atoms with Crippen molar-refractivity contribution in [1.29, 1.82) is 0 Å². The molecule has 4 fully saturated rings. The Morgan fingerprint density at radius 1 is 0.312 bits per heavy atom. The van der Waals surface area contributed by atoms with Crippen molar-refractivity contribution >= 4 is 80.8 Å². The van der Waals surface area contributed by atoms with Gasteiger partial charge in [-0.05, 0) is 229 Å².